The molecular weight excluding hydrogens is 206 g/mol. The highest BCUT2D eigenvalue weighted by molar-refractivity contribution is 7.15. The normalized spacial score (nSPS) is 10.4. The van der Waals surface area contributed by atoms with E-state index in [-0.39, 0.29) is 5.24 Å². The minimum Gasteiger partial charge on any atom is -0.275 e. The Hall–Kier alpha value is -0.410. The molecule has 0 fully saturated rings. The predicted octanol–water partition coefficient (Wildman–Crippen LogP) is 3.04. The van der Waals surface area contributed by atoms with Gasteiger partial charge in [-0.25, -0.2) is 4.98 Å². The molecule has 1 heterocycles. The Morgan fingerprint density at radius 3 is 2.69 bits per heavy atom. The standard InChI is InChI=1S/C9H12ClNOS/c1-3-5-6-8(9(10)12)13-7(4-2)11-6/h3-5H2,1-2H3. The highest BCUT2D eigenvalue weighted by Crippen LogP contribution is 2.22. The minimum absolute atomic E-state index is 0.374. The van der Waals surface area contributed by atoms with Crippen LogP contribution in [0.4, 0.5) is 0 Å². The zero-order chi connectivity index (χ0) is 9.84. The molecule has 1 aromatic rings. The Kier molecular flexibility index (Phi) is 3.88. The van der Waals surface area contributed by atoms with Crippen LogP contribution in [0.5, 0.6) is 0 Å². The van der Waals surface area contributed by atoms with Crippen LogP contribution in [-0.4, -0.2) is 10.2 Å². The topological polar surface area (TPSA) is 30.0 Å². The summed E-state index contributed by atoms with van der Waals surface area (Å²) in [5, 5.41) is 0.619. The summed E-state index contributed by atoms with van der Waals surface area (Å²) in [7, 11) is 0. The van der Waals surface area contributed by atoms with Gasteiger partial charge < -0.3 is 0 Å². The molecule has 72 valence electrons. The first-order valence-corrected chi connectivity index (χ1v) is 5.56. The first kappa shape index (κ1) is 10.7. The molecule has 0 amide bonds. The summed E-state index contributed by atoms with van der Waals surface area (Å²) in [4.78, 5) is 16.0. The van der Waals surface area contributed by atoms with E-state index in [4.69, 9.17) is 11.6 Å². The lowest BCUT2D eigenvalue weighted by Crippen LogP contribution is -1.93. The number of hydrogen-bond donors (Lipinski definition) is 0. The molecule has 0 aliphatic carbocycles. The van der Waals surface area contributed by atoms with Crippen molar-refractivity contribution in [3.8, 4) is 0 Å². The Labute approximate surface area is 86.9 Å². The molecule has 1 rings (SSSR count). The van der Waals surface area contributed by atoms with Gasteiger partial charge >= 0.3 is 0 Å². The van der Waals surface area contributed by atoms with Crippen molar-refractivity contribution in [2.75, 3.05) is 0 Å². The van der Waals surface area contributed by atoms with Crippen LogP contribution in [0.1, 0.15) is 40.6 Å². The van der Waals surface area contributed by atoms with Gasteiger partial charge in [-0.1, -0.05) is 20.3 Å². The van der Waals surface area contributed by atoms with Crippen LogP contribution in [0.15, 0.2) is 0 Å². The number of aromatic nitrogens is 1. The molecule has 0 aliphatic heterocycles. The van der Waals surface area contributed by atoms with E-state index >= 15 is 0 Å². The maximum absolute atomic E-state index is 11.0. The van der Waals surface area contributed by atoms with Crippen molar-refractivity contribution in [1.82, 2.24) is 4.98 Å². The molecule has 0 atom stereocenters. The smallest absolute Gasteiger partial charge is 0.264 e. The van der Waals surface area contributed by atoms with Gasteiger partial charge in [0.1, 0.15) is 4.88 Å². The van der Waals surface area contributed by atoms with Crippen molar-refractivity contribution in [1.29, 1.82) is 0 Å². The molecule has 0 saturated carbocycles. The van der Waals surface area contributed by atoms with Crippen LogP contribution in [0.2, 0.25) is 0 Å². The van der Waals surface area contributed by atoms with Crippen molar-refractivity contribution in [3.63, 3.8) is 0 Å². The lowest BCUT2D eigenvalue weighted by atomic mass is 10.2. The summed E-state index contributed by atoms with van der Waals surface area (Å²) in [6.07, 6.45) is 2.69. The summed E-state index contributed by atoms with van der Waals surface area (Å²) in [5.41, 5.74) is 0.865. The fraction of sp³-hybridized carbons (Fsp3) is 0.556. The van der Waals surface area contributed by atoms with E-state index in [2.05, 4.69) is 11.9 Å². The van der Waals surface area contributed by atoms with E-state index in [1.54, 1.807) is 0 Å². The number of halogens is 1. The minimum atomic E-state index is -0.374. The van der Waals surface area contributed by atoms with Crippen LogP contribution in [0, 0.1) is 0 Å². The Bertz CT molecular complexity index is 309. The third kappa shape index (κ3) is 2.51. The highest BCUT2D eigenvalue weighted by atomic mass is 35.5. The lowest BCUT2D eigenvalue weighted by Gasteiger charge is -1.92. The molecule has 0 unspecified atom stereocenters. The molecule has 0 saturated heterocycles. The quantitative estimate of drug-likeness (QED) is 0.726. The van der Waals surface area contributed by atoms with Crippen molar-refractivity contribution in [2.45, 2.75) is 33.1 Å². The molecule has 2 nitrogen and oxygen atoms in total. The SMILES string of the molecule is CCCc1nc(CC)sc1C(=O)Cl. The Morgan fingerprint density at radius 2 is 2.23 bits per heavy atom. The van der Waals surface area contributed by atoms with Gasteiger partial charge in [-0.15, -0.1) is 11.3 Å². The zero-order valence-corrected chi connectivity index (χ0v) is 9.34. The second-order valence-electron chi connectivity index (χ2n) is 2.76. The van der Waals surface area contributed by atoms with Crippen molar-refractivity contribution in [3.05, 3.63) is 15.6 Å². The number of hydrogen-bond acceptors (Lipinski definition) is 3. The van der Waals surface area contributed by atoms with Gasteiger partial charge in [0.05, 0.1) is 10.7 Å². The molecule has 0 bridgehead atoms. The number of carbonyl (C=O) groups excluding carboxylic acids is 1. The van der Waals surface area contributed by atoms with Gasteiger partial charge in [-0.3, -0.25) is 4.79 Å². The van der Waals surface area contributed by atoms with Crippen molar-refractivity contribution < 1.29 is 4.79 Å². The summed E-state index contributed by atoms with van der Waals surface area (Å²) >= 11 is 6.86. The third-order valence-electron chi connectivity index (χ3n) is 1.71. The van der Waals surface area contributed by atoms with E-state index in [9.17, 15) is 4.79 Å². The van der Waals surface area contributed by atoms with Gasteiger partial charge in [-0.05, 0) is 24.4 Å². The molecule has 13 heavy (non-hydrogen) atoms. The lowest BCUT2D eigenvalue weighted by molar-refractivity contribution is 0.108. The third-order valence-corrected chi connectivity index (χ3v) is 3.25. The van der Waals surface area contributed by atoms with E-state index in [0.29, 0.717) is 4.88 Å². The zero-order valence-electron chi connectivity index (χ0n) is 7.76. The van der Waals surface area contributed by atoms with Gasteiger partial charge in [0.15, 0.2) is 0 Å². The summed E-state index contributed by atoms with van der Waals surface area (Å²) in [6, 6.07) is 0. The van der Waals surface area contributed by atoms with Crippen LogP contribution in [0.3, 0.4) is 0 Å². The number of carbonyl (C=O) groups is 1. The number of thiazole rings is 1. The van der Waals surface area contributed by atoms with E-state index in [0.717, 1.165) is 30.0 Å². The maximum atomic E-state index is 11.0. The average molecular weight is 218 g/mol. The van der Waals surface area contributed by atoms with Crippen LogP contribution in [0.25, 0.3) is 0 Å². The van der Waals surface area contributed by atoms with Crippen LogP contribution >= 0.6 is 22.9 Å². The second kappa shape index (κ2) is 4.72. The molecule has 0 spiro atoms. The van der Waals surface area contributed by atoms with Gasteiger partial charge in [0, 0.05) is 0 Å². The summed E-state index contributed by atoms with van der Waals surface area (Å²) in [5.74, 6) is 0. The Balaban J connectivity index is 3.00. The van der Waals surface area contributed by atoms with Gasteiger partial charge in [0.2, 0.25) is 0 Å². The first-order chi connectivity index (χ1) is 6.19. The molecule has 0 N–H and O–H groups in total. The monoisotopic (exact) mass is 217 g/mol. The highest BCUT2D eigenvalue weighted by Gasteiger charge is 2.14. The van der Waals surface area contributed by atoms with Crippen LogP contribution < -0.4 is 0 Å². The maximum Gasteiger partial charge on any atom is 0.264 e. The molecule has 0 radical (unpaired) electrons. The van der Waals surface area contributed by atoms with Crippen molar-refractivity contribution >= 4 is 28.2 Å². The van der Waals surface area contributed by atoms with E-state index < -0.39 is 0 Å². The molecule has 4 heteroatoms. The van der Waals surface area contributed by atoms with Gasteiger partial charge in [-0.2, -0.15) is 0 Å². The number of rotatable bonds is 4. The summed E-state index contributed by atoms with van der Waals surface area (Å²) in [6.45, 7) is 4.09. The fourth-order valence-corrected chi connectivity index (χ4v) is 2.22. The van der Waals surface area contributed by atoms with Gasteiger partial charge in [0.25, 0.3) is 5.24 Å². The average Bonchev–Trinajstić information content (AvgIpc) is 2.48. The second-order valence-corrected chi connectivity index (χ2v) is 4.19. The first-order valence-electron chi connectivity index (χ1n) is 4.37. The summed E-state index contributed by atoms with van der Waals surface area (Å²) < 4.78 is 0. The Morgan fingerprint density at radius 1 is 1.54 bits per heavy atom. The molecule has 0 aromatic carbocycles. The molecule has 0 aliphatic rings. The number of aryl methyl sites for hydroxylation is 2. The number of nitrogens with zero attached hydrogens (tertiary/aromatic N) is 1. The molecular formula is C9H12ClNOS. The fourth-order valence-electron chi connectivity index (χ4n) is 1.11. The van der Waals surface area contributed by atoms with E-state index in [1.807, 2.05) is 6.92 Å². The largest absolute Gasteiger partial charge is 0.275 e. The molecule has 1 aromatic heterocycles. The predicted molar refractivity (Wildman–Crippen MR) is 55.7 cm³/mol. The van der Waals surface area contributed by atoms with Crippen LogP contribution in [-0.2, 0) is 12.8 Å². The van der Waals surface area contributed by atoms with E-state index in [1.165, 1.54) is 11.3 Å². The van der Waals surface area contributed by atoms with Crippen molar-refractivity contribution in [2.24, 2.45) is 0 Å².